The third-order valence-corrected chi connectivity index (χ3v) is 6.04. The Morgan fingerprint density at radius 3 is 2.23 bits per heavy atom. The Balaban J connectivity index is 0.00000341. The number of aryl methyl sites for hydroxylation is 1. The molecule has 5 nitrogen and oxygen atoms in total. The fourth-order valence-corrected chi connectivity index (χ4v) is 3.93. The van der Waals surface area contributed by atoms with Crippen molar-refractivity contribution in [2.45, 2.75) is 50.3 Å². The molecule has 3 aromatic rings. The molecule has 0 aliphatic carbocycles. The molecule has 2 aromatic carbocycles. The summed E-state index contributed by atoms with van der Waals surface area (Å²) in [5.41, 5.74) is 4.07. The number of aromatic nitrogens is 1. The molecule has 0 saturated carbocycles. The SMILES string of the molecule is CC(C)(C)c1ccc(S(=O)Nc2ccc(CC(=O)CCc3cccnc3)cc2)cc1.O. The van der Waals surface area contributed by atoms with Gasteiger partial charge in [0.25, 0.3) is 0 Å². The lowest BCUT2D eigenvalue weighted by atomic mass is 9.87. The van der Waals surface area contributed by atoms with Crippen LogP contribution in [0.2, 0.25) is 0 Å². The second-order valence-corrected chi connectivity index (χ2v) is 9.63. The van der Waals surface area contributed by atoms with Gasteiger partial charge < -0.3 is 10.2 Å². The van der Waals surface area contributed by atoms with E-state index in [1.807, 2.05) is 60.7 Å². The molecule has 3 rings (SSSR count). The van der Waals surface area contributed by atoms with E-state index in [0.29, 0.717) is 19.3 Å². The van der Waals surface area contributed by atoms with E-state index >= 15 is 0 Å². The van der Waals surface area contributed by atoms with E-state index in [1.165, 1.54) is 5.56 Å². The van der Waals surface area contributed by atoms with Gasteiger partial charge in [-0.3, -0.25) is 9.78 Å². The van der Waals surface area contributed by atoms with Gasteiger partial charge in [0, 0.05) is 30.9 Å². The number of hydrogen-bond donors (Lipinski definition) is 1. The van der Waals surface area contributed by atoms with Gasteiger partial charge in [-0.05, 0) is 58.9 Å². The molecule has 1 unspecified atom stereocenters. The maximum Gasteiger partial charge on any atom is 0.150 e. The van der Waals surface area contributed by atoms with E-state index in [4.69, 9.17) is 0 Å². The van der Waals surface area contributed by atoms with Crippen LogP contribution in [0.15, 0.2) is 78.0 Å². The van der Waals surface area contributed by atoms with E-state index in [-0.39, 0.29) is 16.7 Å². The lowest BCUT2D eigenvalue weighted by molar-refractivity contribution is -0.118. The molecule has 0 aliphatic rings. The second-order valence-electron chi connectivity index (χ2n) is 8.42. The third-order valence-electron chi connectivity index (χ3n) is 4.92. The molecular formula is C25H30N2O3S. The lowest BCUT2D eigenvalue weighted by Crippen LogP contribution is -2.11. The Morgan fingerprint density at radius 2 is 1.65 bits per heavy atom. The summed E-state index contributed by atoms with van der Waals surface area (Å²) in [6.07, 6.45) is 5.14. The number of pyridine rings is 1. The number of ketones is 1. The van der Waals surface area contributed by atoms with Gasteiger partial charge in [0.2, 0.25) is 0 Å². The first-order chi connectivity index (χ1) is 14.3. The zero-order chi connectivity index (χ0) is 21.6. The predicted molar refractivity (Wildman–Crippen MR) is 126 cm³/mol. The first kappa shape index (κ1) is 24.4. The number of nitrogens with zero attached hydrogens (tertiary/aromatic N) is 1. The fraction of sp³-hybridized carbons (Fsp3) is 0.280. The minimum absolute atomic E-state index is 0. The highest BCUT2D eigenvalue weighted by Gasteiger charge is 2.14. The second kappa shape index (κ2) is 11.0. The molecule has 0 spiro atoms. The first-order valence-electron chi connectivity index (χ1n) is 10.1. The van der Waals surface area contributed by atoms with Crippen LogP contribution >= 0.6 is 0 Å². The van der Waals surface area contributed by atoms with E-state index < -0.39 is 11.0 Å². The minimum atomic E-state index is -1.33. The van der Waals surface area contributed by atoms with Gasteiger partial charge >= 0.3 is 0 Å². The number of Topliss-reactive ketones (excluding diaryl/α,β-unsaturated/α-hetero) is 1. The maximum atomic E-state index is 12.6. The summed E-state index contributed by atoms with van der Waals surface area (Å²) in [5.74, 6) is 0.196. The molecule has 0 fully saturated rings. The molecule has 1 heterocycles. The number of anilines is 1. The molecule has 0 aliphatic heterocycles. The van der Waals surface area contributed by atoms with E-state index in [0.717, 1.165) is 21.7 Å². The van der Waals surface area contributed by atoms with Crippen LogP contribution in [0.25, 0.3) is 0 Å². The van der Waals surface area contributed by atoms with Crippen LogP contribution < -0.4 is 4.72 Å². The summed E-state index contributed by atoms with van der Waals surface area (Å²) in [6.45, 7) is 6.47. The Hall–Kier alpha value is -2.83. The zero-order valence-corrected chi connectivity index (χ0v) is 19.0. The Bertz CT molecular complexity index is 996. The van der Waals surface area contributed by atoms with Crippen molar-refractivity contribution in [1.29, 1.82) is 0 Å². The Labute approximate surface area is 186 Å². The maximum absolute atomic E-state index is 12.6. The molecule has 1 atom stereocenters. The van der Waals surface area contributed by atoms with Crippen molar-refractivity contribution < 1.29 is 14.5 Å². The van der Waals surface area contributed by atoms with Crippen LogP contribution in [0, 0.1) is 0 Å². The van der Waals surface area contributed by atoms with Gasteiger partial charge in [-0.25, -0.2) is 4.21 Å². The highest BCUT2D eigenvalue weighted by atomic mass is 32.2. The van der Waals surface area contributed by atoms with Crippen molar-refractivity contribution in [2.75, 3.05) is 4.72 Å². The normalized spacial score (nSPS) is 12.0. The third kappa shape index (κ3) is 7.42. The van der Waals surface area contributed by atoms with Crippen LogP contribution in [-0.2, 0) is 34.0 Å². The molecule has 0 bridgehead atoms. The molecule has 3 N–H and O–H groups in total. The van der Waals surface area contributed by atoms with Crippen molar-refractivity contribution in [3.63, 3.8) is 0 Å². The molecular weight excluding hydrogens is 408 g/mol. The topological polar surface area (TPSA) is 90.6 Å². The van der Waals surface area contributed by atoms with Gasteiger partial charge in [0.05, 0.1) is 4.90 Å². The highest BCUT2D eigenvalue weighted by molar-refractivity contribution is 7.86. The summed E-state index contributed by atoms with van der Waals surface area (Å²) in [5, 5.41) is 0. The number of nitrogens with one attached hydrogen (secondary N) is 1. The largest absolute Gasteiger partial charge is 0.412 e. The van der Waals surface area contributed by atoms with E-state index in [9.17, 15) is 9.00 Å². The van der Waals surface area contributed by atoms with Crippen molar-refractivity contribution in [1.82, 2.24) is 4.98 Å². The van der Waals surface area contributed by atoms with Crippen molar-refractivity contribution in [3.8, 4) is 0 Å². The average molecular weight is 439 g/mol. The average Bonchev–Trinajstić information content (AvgIpc) is 2.74. The van der Waals surface area contributed by atoms with Crippen molar-refractivity contribution >= 4 is 22.5 Å². The van der Waals surface area contributed by atoms with Crippen molar-refractivity contribution in [2.24, 2.45) is 0 Å². The van der Waals surface area contributed by atoms with Crippen LogP contribution in [0.3, 0.4) is 0 Å². The molecule has 0 amide bonds. The quantitative estimate of drug-likeness (QED) is 0.564. The lowest BCUT2D eigenvalue weighted by Gasteiger charge is -2.19. The van der Waals surface area contributed by atoms with Crippen molar-refractivity contribution in [3.05, 3.63) is 89.7 Å². The van der Waals surface area contributed by atoms with Gasteiger partial charge in [-0.1, -0.05) is 51.1 Å². The molecule has 31 heavy (non-hydrogen) atoms. The molecule has 164 valence electrons. The zero-order valence-electron chi connectivity index (χ0n) is 18.2. The van der Waals surface area contributed by atoms with Gasteiger partial charge in [0.1, 0.15) is 16.8 Å². The summed E-state index contributed by atoms with van der Waals surface area (Å²) < 4.78 is 15.6. The number of carbonyl (C=O) groups is 1. The number of carbonyl (C=O) groups excluding carboxylic acids is 1. The number of benzene rings is 2. The smallest absolute Gasteiger partial charge is 0.150 e. The van der Waals surface area contributed by atoms with E-state index in [1.54, 1.807) is 12.4 Å². The van der Waals surface area contributed by atoms with Crippen LogP contribution in [-0.4, -0.2) is 20.5 Å². The fourth-order valence-electron chi connectivity index (χ4n) is 3.08. The predicted octanol–water partition coefficient (Wildman–Crippen LogP) is 4.43. The summed E-state index contributed by atoms with van der Waals surface area (Å²) in [7, 11) is -1.33. The molecule has 1 aromatic heterocycles. The summed E-state index contributed by atoms with van der Waals surface area (Å²) in [6, 6.07) is 19.3. The number of rotatable bonds is 8. The molecule has 0 radical (unpaired) electrons. The molecule has 0 saturated heterocycles. The van der Waals surface area contributed by atoms with Crippen LogP contribution in [0.4, 0.5) is 5.69 Å². The van der Waals surface area contributed by atoms with E-state index in [2.05, 4.69) is 30.5 Å². The van der Waals surface area contributed by atoms with Gasteiger partial charge in [0.15, 0.2) is 0 Å². The Kier molecular flexibility index (Phi) is 8.65. The Morgan fingerprint density at radius 1 is 0.968 bits per heavy atom. The first-order valence-corrected chi connectivity index (χ1v) is 11.2. The van der Waals surface area contributed by atoms with Gasteiger partial charge in [-0.2, -0.15) is 0 Å². The summed E-state index contributed by atoms with van der Waals surface area (Å²) in [4.78, 5) is 17.1. The number of hydrogen-bond acceptors (Lipinski definition) is 3. The highest BCUT2D eigenvalue weighted by Crippen LogP contribution is 2.23. The standard InChI is InChI=1S/C25H28N2O2S.H2O/c1-25(2,3)21-9-14-24(15-10-21)30(29)27-22-11-6-19(7-12-22)17-23(28)13-8-20-5-4-16-26-18-20;/h4-7,9-12,14-16,18,27H,8,13,17H2,1-3H3;1H2. The monoisotopic (exact) mass is 438 g/mol. The van der Waals surface area contributed by atoms with Crippen LogP contribution in [0.1, 0.15) is 43.9 Å². The van der Waals surface area contributed by atoms with Gasteiger partial charge in [-0.15, -0.1) is 0 Å². The van der Waals surface area contributed by atoms with Crippen LogP contribution in [0.5, 0.6) is 0 Å². The molecule has 6 heteroatoms. The minimum Gasteiger partial charge on any atom is -0.412 e. The summed E-state index contributed by atoms with van der Waals surface area (Å²) >= 11 is 0.